The van der Waals surface area contributed by atoms with E-state index in [9.17, 15) is 4.79 Å². The molecule has 4 nitrogen and oxygen atoms in total. The molecular formula is C18H20N2O2S. The molecule has 0 aliphatic rings. The van der Waals surface area contributed by atoms with Crippen LogP contribution < -0.4 is 4.90 Å². The van der Waals surface area contributed by atoms with Gasteiger partial charge in [-0.1, -0.05) is 24.3 Å². The molecule has 3 rings (SSSR count). The Morgan fingerprint density at radius 1 is 1.35 bits per heavy atom. The fourth-order valence-corrected chi connectivity index (χ4v) is 3.68. The first-order chi connectivity index (χ1) is 11.1. The van der Waals surface area contributed by atoms with E-state index in [1.54, 1.807) is 22.5 Å². The predicted molar refractivity (Wildman–Crippen MR) is 93.9 cm³/mol. The maximum Gasteiger partial charge on any atom is 0.229 e. The summed E-state index contributed by atoms with van der Waals surface area (Å²) in [4.78, 5) is 19.0. The summed E-state index contributed by atoms with van der Waals surface area (Å²) in [6.45, 7) is 6.58. The van der Waals surface area contributed by atoms with E-state index >= 15 is 0 Å². The van der Waals surface area contributed by atoms with Gasteiger partial charge in [0.2, 0.25) is 5.91 Å². The minimum Gasteiger partial charge on any atom is -0.467 e. The van der Waals surface area contributed by atoms with Gasteiger partial charge in [-0.15, -0.1) is 0 Å². The van der Waals surface area contributed by atoms with Gasteiger partial charge in [0.15, 0.2) is 5.13 Å². The van der Waals surface area contributed by atoms with E-state index in [0.29, 0.717) is 13.0 Å². The number of aryl methyl sites for hydroxylation is 2. The van der Waals surface area contributed by atoms with Crippen molar-refractivity contribution in [2.24, 2.45) is 0 Å². The minimum absolute atomic E-state index is 0.0809. The van der Waals surface area contributed by atoms with Gasteiger partial charge in [-0.25, -0.2) is 4.98 Å². The smallest absolute Gasteiger partial charge is 0.229 e. The molecule has 2 aromatic heterocycles. The summed E-state index contributed by atoms with van der Waals surface area (Å²) in [5.41, 5.74) is 3.34. The molecule has 0 radical (unpaired) electrons. The number of hydrogen-bond acceptors (Lipinski definition) is 4. The summed E-state index contributed by atoms with van der Waals surface area (Å²) < 4.78 is 6.55. The number of amides is 1. The van der Waals surface area contributed by atoms with E-state index in [0.717, 1.165) is 27.5 Å². The molecule has 0 atom stereocenters. The highest BCUT2D eigenvalue weighted by Crippen LogP contribution is 2.33. The van der Waals surface area contributed by atoms with Crippen LogP contribution in [0.4, 0.5) is 5.13 Å². The van der Waals surface area contributed by atoms with Gasteiger partial charge in [0, 0.05) is 6.42 Å². The highest BCUT2D eigenvalue weighted by atomic mass is 32.1. The lowest BCUT2D eigenvalue weighted by molar-refractivity contribution is -0.118. The molecule has 0 saturated carbocycles. The van der Waals surface area contributed by atoms with Crippen LogP contribution in [0, 0.1) is 13.8 Å². The Labute approximate surface area is 139 Å². The molecule has 3 aromatic rings. The second kappa shape index (κ2) is 6.54. The van der Waals surface area contributed by atoms with E-state index in [1.807, 2.05) is 19.1 Å². The average Bonchev–Trinajstić information content (AvgIpc) is 3.13. The molecule has 120 valence electrons. The van der Waals surface area contributed by atoms with Gasteiger partial charge in [0.25, 0.3) is 0 Å². The third kappa shape index (κ3) is 3.29. The summed E-state index contributed by atoms with van der Waals surface area (Å²) >= 11 is 1.57. The number of thiazole rings is 1. The number of nitrogens with zero attached hydrogens (tertiary/aromatic N) is 2. The molecule has 1 aromatic carbocycles. The molecule has 1 amide bonds. The standard InChI is InChI=1S/C18H20N2O2S/c1-4-6-16(21)20(11-14-7-5-8-22-14)18-19-15-10-12(2)9-13(3)17(15)23-18/h5,7-10H,4,6,11H2,1-3H3. The number of anilines is 1. The van der Waals surface area contributed by atoms with E-state index in [-0.39, 0.29) is 5.91 Å². The highest BCUT2D eigenvalue weighted by molar-refractivity contribution is 7.22. The fraction of sp³-hybridized carbons (Fsp3) is 0.333. The molecule has 23 heavy (non-hydrogen) atoms. The molecule has 0 spiro atoms. The van der Waals surface area contributed by atoms with Crippen molar-refractivity contribution in [3.63, 3.8) is 0 Å². The lowest BCUT2D eigenvalue weighted by atomic mass is 10.1. The van der Waals surface area contributed by atoms with E-state index in [1.165, 1.54) is 11.1 Å². The Morgan fingerprint density at radius 2 is 2.17 bits per heavy atom. The molecule has 0 N–H and O–H groups in total. The summed E-state index contributed by atoms with van der Waals surface area (Å²) in [6, 6.07) is 7.94. The van der Waals surface area contributed by atoms with Gasteiger partial charge >= 0.3 is 0 Å². The maximum atomic E-state index is 12.5. The van der Waals surface area contributed by atoms with Crippen LogP contribution in [0.25, 0.3) is 10.2 Å². The third-order valence-electron chi connectivity index (χ3n) is 3.70. The maximum absolute atomic E-state index is 12.5. The fourth-order valence-electron chi connectivity index (χ4n) is 2.65. The Kier molecular flexibility index (Phi) is 4.48. The molecular weight excluding hydrogens is 308 g/mol. The monoisotopic (exact) mass is 328 g/mol. The number of hydrogen-bond donors (Lipinski definition) is 0. The molecule has 0 bridgehead atoms. The largest absolute Gasteiger partial charge is 0.467 e. The lowest BCUT2D eigenvalue weighted by Crippen LogP contribution is -2.29. The Morgan fingerprint density at radius 3 is 2.87 bits per heavy atom. The summed E-state index contributed by atoms with van der Waals surface area (Å²) in [5, 5.41) is 0.739. The quantitative estimate of drug-likeness (QED) is 0.673. The number of carbonyl (C=O) groups excluding carboxylic acids is 1. The van der Waals surface area contributed by atoms with Gasteiger partial charge in [-0.05, 0) is 49.6 Å². The first-order valence-corrected chi connectivity index (χ1v) is 8.60. The topological polar surface area (TPSA) is 46.3 Å². The van der Waals surface area contributed by atoms with Gasteiger partial charge in [-0.2, -0.15) is 0 Å². The van der Waals surface area contributed by atoms with Crippen molar-refractivity contribution in [1.82, 2.24) is 4.98 Å². The first kappa shape index (κ1) is 15.7. The normalized spacial score (nSPS) is 11.1. The molecule has 0 fully saturated rings. The van der Waals surface area contributed by atoms with Gasteiger partial charge in [0.1, 0.15) is 5.76 Å². The lowest BCUT2D eigenvalue weighted by Gasteiger charge is -2.18. The van der Waals surface area contributed by atoms with Crippen LogP contribution >= 0.6 is 11.3 Å². The summed E-state index contributed by atoms with van der Waals surface area (Å²) in [5.74, 6) is 0.846. The molecule has 0 aliphatic carbocycles. The minimum atomic E-state index is 0.0809. The van der Waals surface area contributed by atoms with Crippen molar-refractivity contribution in [2.45, 2.75) is 40.2 Å². The summed E-state index contributed by atoms with van der Waals surface area (Å²) in [6.07, 6.45) is 2.95. The van der Waals surface area contributed by atoms with Crippen LogP contribution in [0.3, 0.4) is 0 Å². The Balaban J connectivity index is 2.01. The molecule has 0 aliphatic heterocycles. The van der Waals surface area contributed by atoms with E-state index in [4.69, 9.17) is 9.40 Å². The van der Waals surface area contributed by atoms with Crippen molar-refractivity contribution in [3.8, 4) is 0 Å². The van der Waals surface area contributed by atoms with Crippen LogP contribution in [0.2, 0.25) is 0 Å². The second-order valence-electron chi connectivity index (χ2n) is 5.74. The first-order valence-electron chi connectivity index (χ1n) is 7.79. The highest BCUT2D eigenvalue weighted by Gasteiger charge is 2.21. The van der Waals surface area contributed by atoms with Crippen molar-refractivity contribution in [3.05, 3.63) is 47.4 Å². The van der Waals surface area contributed by atoms with Crippen molar-refractivity contribution in [2.75, 3.05) is 4.90 Å². The Hall–Kier alpha value is -2.14. The second-order valence-corrected chi connectivity index (χ2v) is 6.71. The number of benzene rings is 1. The number of fused-ring (bicyclic) bond motifs is 1. The molecule has 0 saturated heterocycles. The zero-order valence-electron chi connectivity index (χ0n) is 13.6. The van der Waals surface area contributed by atoms with Crippen molar-refractivity contribution >= 4 is 32.6 Å². The summed E-state index contributed by atoms with van der Waals surface area (Å²) in [7, 11) is 0. The Bertz CT molecular complexity index is 821. The van der Waals surface area contributed by atoms with Crippen molar-refractivity contribution < 1.29 is 9.21 Å². The molecule has 5 heteroatoms. The third-order valence-corrected chi connectivity index (χ3v) is 4.93. The zero-order chi connectivity index (χ0) is 16.4. The molecule has 2 heterocycles. The van der Waals surface area contributed by atoms with E-state index in [2.05, 4.69) is 26.0 Å². The number of aromatic nitrogens is 1. The average molecular weight is 328 g/mol. The van der Waals surface area contributed by atoms with E-state index < -0.39 is 0 Å². The zero-order valence-corrected chi connectivity index (χ0v) is 14.4. The predicted octanol–water partition coefficient (Wildman–Crippen LogP) is 4.84. The number of rotatable bonds is 5. The van der Waals surface area contributed by atoms with Crippen LogP contribution in [-0.2, 0) is 11.3 Å². The van der Waals surface area contributed by atoms with Gasteiger partial charge in [-0.3, -0.25) is 9.69 Å². The van der Waals surface area contributed by atoms with Crippen LogP contribution in [0.1, 0.15) is 36.7 Å². The number of carbonyl (C=O) groups is 1. The SMILES string of the molecule is CCCC(=O)N(Cc1ccco1)c1nc2cc(C)cc(C)c2s1. The van der Waals surface area contributed by atoms with Gasteiger partial charge in [0.05, 0.1) is 23.0 Å². The van der Waals surface area contributed by atoms with Gasteiger partial charge < -0.3 is 4.42 Å². The number of furan rings is 1. The molecule has 0 unspecified atom stereocenters. The van der Waals surface area contributed by atoms with Crippen LogP contribution in [0.15, 0.2) is 34.9 Å². The van der Waals surface area contributed by atoms with Crippen LogP contribution in [0.5, 0.6) is 0 Å². The van der Waals surface area contributed by atoms with Crippen LogP contribution in [-0.4, -0.2) is 10.9 Å². The van der Waals surface area contributed by atoms with Crippen molar-refractivity contribution in [1.29, 1.82) is 0 Å².